The molecule has 0 saturated carbocycles. The summed E-state index contributed by atoms with van der Waals surface area (Å²) < 4.78 is 33.1. The highest BCUT2D eigenvalue weighted by atomic mass is 32.2. The van der Waals surface area contributed by atoms with Crippen LogP contribution in [0.4, 0.5) is 5.69 Å². The van der Waals surface area contributed by atoms with Gasteiger partial charge in [-0.25, -0.2) is 8.42 Å². The number of benzene rings is 2. The fourth-order valence-corrected chi connectivity index (χ4v) is 4.53. The van der Waals surface area contributed by atoms with E-state index in [1.807, 2.05) is 12.1 Å². The predicted octanol–water partition coefficient (Wildman–Crippen LogP) is 2.86. The highest BCUT2D eigenvalue weighted by Gasteiger charge is 2.29. The fourth-order valence-electron chi connectivity index (χ4n) is 3.10. The molecule has 0 radical (unpaired) electrons. The summed E-state index contributed by atoms with van der Waals surface area (Å²) in [6.07, 6.45) is 0. The average Bonchev–Trinajstić information content (AvgIpc) is 2.73. The van der Waals surface area contributed by atoms with Gasteiger partial charge in [-0.15, -0.1) is 0 Å². The second kappa shape index (κ2) is 8.75. The average molecular weight is 403 g/mol. The molecule has 0 aromatic heterocycles. The standard InChI is InChI=1S/C21H26N2O4S/c1-17(2)18-8-10-19(11-9-18)23(16-21(24)22-12-14-27-15-13-22)28(25,26)20-6-4-3-5-7-20/h3-11,17H,12-16H2,1-2H3. The Morgan fingerprint density at radius 2 is 1.64 bits per heavy atom. The maximum atomic E-state index is 13.3. The summed E-state index contributed by atoms with van der Waals surface area (Å²) in [4.78, 5) is 14.6. The molecule has 0 aliphatic carbocycles. The van der Waals surface area contributed by atoms with Crippen molar-refractivity contribution in [1.82, 2.24) is 4.90 Å². The van der Waals surface area contributed by atoms with E-state index in [1.165, 1.54) is 4.31 Å². The molecule has 1 aliphatic rings. The van der Waals surface area contributed by atoms with Crippen LogP contribution < -0.4 is 4.31 Å². The SMILES string of the molecule is CC(C)c1ccc(N(CC(=O)N2CCOCC2)S(=O)(=O)c2ccccc2)cc1. The van der Waals surface area contributed by atoms with Crippen molar-refractivity contribution >= 4 is 21.6 Å². The molecule has 1 heterocycles. The Hall–Kier alpha value is -2.38. The van der Waals surface area contributed by atoms with Crippen LogP contribution in [0.1, 0.15) is 25.3 Å². The van der Waals surface area contributed by atoms with Crippen LogP contribution in [0, 0.1) is 0 Å². The number of ether oxygens (including phenoxy) is 1. The molecule has 6 nitrogen and oxygen atoms in total. The van der Waals surface area contributed by atoms with Gasteiger partial charge in [-0.1, -0.05) is 44.2 Å². The van der Waals surface area contributed by atoms with E-state index < -0.39 is 10.0 Å². The van der Waals surface area contributed by atoms with Crippen molar-refractivity contribution in [2.45, 2.75) is 24.7 Å². The van der Waals surface area contributed by atoms with Crippen molar-refractivity contribution in [3.63, 3.8) is 0 Å². The molecular weight excluding hydrogens is 376 g/mol. The second-order valence-electron chi connectivity index (χ2n) is 7.06. The van der Waals surface area contributed by atoms with Crippen LogP contribution in [-0.2, 0) is 19.6 Å². The van der Waals surface area contributed by atoms with Crippen molar-refractivity contribution in [3.8, 4) is 0 Å². The van der Waals surface area contributed by atoms with Crippen molar-refractivity contribution in [2.24, 2.45) is 0 Å². The third-order valence-corrected chi connectivity index (χ3v) is 6.61. The Balaban J connectivity index is 1.94. The Morgan fingerprint density at radius 3 is 2.21 bits per heavy atom. The number of sulfonamides is 1. The van der Waals surface area contributed by atoms with Gasteiger partial charge in [0.1, 0.15) is 6.54 Å². The Bertz CT molecular complexity index is 890. The van der Waals surface area contributed by atoms with E-state index >= 15 is 0 Å². The molecule has 1 amide bonds. The van der Waals surface area contributed by atoms with Gasteiger partial charge >= 0.3 is 0 Å². The zero-order valence-corrected chi connectivity index (χ0v) is 17.1. The molecule has 150 valence electrons. The largest absolute Gasteiger partial charge is 0.378 e. The van der Waals surface area contributed by atoms with Gasteiger partial charge in [0.2, 0.25) is 5.91 Å². The zero-order chi connectivity index (χ0) is 20.1. The van der Waals surface area contributed by atoms with Crippen molar-refractivity contribution in [1.29, 1.82) is 0 Å². The van der Waals surface area contributed by atoms with Gasteiger partial charge in [-0.3, -0.25) is 9.10 Å². The van der Waals surface area contributed by atoms with E-state index in [0.717, 1.165) is 5.56 Å². The molecule has 0 spiro atoms. The number of morpholine rings is 1. The van der Waals surface area contributed by atoms with E-state index in [9.17, 15) is 13.2 Å². The van der Waals surface area contributed by atoms with Gasteiger partial charge in [0.15, 0.2) is 0 Å². The predicted molar refractivity (Wildman–Crippen MR) is 109 cm³/mol. The molecule has 2 aromatic rings. The van der Waals surface area contributed by atoms with Crippen molar-refractivity contribution < 1.29 is 17.9 Å². The number of hydrogen-bond donors (Lipinski definition) is 0. The third-order valence-electron chi connectivity index (χ3n) is 4.82. The summed E-state index contributed by atoms with van der Waals surface area (Å²) in [5.41, 5.74) is 1.59. The number of amides is 1. The summed E-state index contributed by atoms with van der Waals surface area (Å²) in [6.45, 7) is 5.82. The number of nitrogens with zero attached hydrogens (tertiary/aromatic N) is 2. The number of carbonyl (C=O) groups is 1. The number of hydrogen-bond acceptors (Lipinski definition) is 4. The Labute approximate surface area is 166 Å². The minimum absolute atomic E-state index is 0.165. The first kappa shape index (κ1) is 20.4. The molecule has 0 N–H and O–H groups in total. The zero-order valence-electron chi connectivity index (χ0n) is 16.2. The van der Waals surface area contributed by atoms with Crippen LogP contribution >= 0.6 is 0 Å². The summed E-state index contributed by atoms with van der Waals surface area (Å²) in [6, 6.07) is 15.6. The first-order valence-electron chi connectivity index (χ1n) is 9.43. The van der Waals surface area contributed by atoms with E-state index in [-0.39, 0.29) is 17.3 Å². The summed E-state index contributed by atoms with van der Waals surface area (Å²) in [5, 5.41) is 0. The summed E-state index contributed by atoms with van der Waals surface area (Å²) in [7, 11) is -3.87. The highest BCUT2D eigenvalue weighted by Crippen LogP contribution is 2.26. The topological polar surface area (TPSA) is 66.9 Å². The van der Waals surface area contributed by atoms with Crippen molar-refractivity contribution in [2.75, 3.05) is 37.2 Å². The molecule has 0 atom stereocenters. The monoisotopic (exact) mass is 402 g/mol. The quantitative estimate of drug-likeness (QED) is 0.745. The van der Waals surface area contributed by atoms with Gasteiger partial charge < -0.3 is 9.64 Å². The maximum absolute atomic E-state index is 13.3. The lowest BCUT2D eigenvalue weighted by atomic mass is 10.0. The van der Waals surface area contributed by atoms with Gasteiger partial charge in [0.05, 0.1) is 23.8 Å². The second-order valence-corrected chi connectivity index (χ2v) is 8.93. The lowest BCUT2D eigenvalue weighted by molar-refractivity contribution is -0.133. The molecule has 28 heavy (non-hydrogen) atoms. The maximum Gasteiger partial charge on any atom is 0.264 e. The lowest BCUT2D eigenvalue weighted by Gasteiger charge is -2.30. The molecule has 3 rings (SSSR count). The summed E-state index contributed by atoms with van der Waals surface area (Å²) >= 11 is 0. The highest BCUT2D eigenvalue weighted by molar-refractivity contribution is 7.92. The molecular formula is C21H26N2O4S. The molecule has 1 aliphatic heterocycles. The van der Waals surface area contributed by atoms with Gasteiger partial charge in [0.25, 0.3) is 10.0 Å². The third kappa shape index (κ3) is 4.54. The van der Waals surface area contributed by atoms with Crippen LogP contribution in [-0.4, -0.2) is 52.1 Å². The normalized spacial score (nSPS) is 14.9. The first-order chi connectivity index (χ1) is 13.4. The lowest BCUT2D eigenvalue weighted by Crippen LogP contribution is -2.47. The minimum Gasteiger partial charge on any atom is -0.378 e. The fraction of sp³-hybridized carbons (Fsp3) is 0.381. The van der Waals surface area contributed by atoms with Crippen LogP contribution in [0.25, 0.3) is 0 Å². The molecule has 1 fully saturated rings. The minimum atomic E-state index is -3.87. The van der Waals surface area contributed by atoms with E-state index in [2.05, 4.69) is 13.8 Å². The number of anilines is 1. The van der Waals surface area contributed by atoms with Crippen LogP contribution in [0.3, 0.4) is 0 Å². The van der Waals surface area contributed by atoms with Gasteiger partial charge in [-0.05, 0) is 35.7 Å². The van der Waals surface area contributed by atoms with Gasteiger partial charge in [-0.2, -0.15) is 0 Å². The number of carbonyl (C=O) groups excluding carboxylic acids is 1. The molecule has 1 saturated heterocycles. The number of rotatable bonds is 6. The molecule has 7 heteroatoms. The first-order valence-corrected chi connectivity index (χ1v) is 10.9. The molecule has 2 aromatic carbocycles. The van der Waals surface area contributed by atoms with Crippen molar-refractivity contribution in [3.05, 3.63) is 60.2 Å². The van der Waals surface area contributed by atoms with E-state index in [0.29, 0.717) is 37.9 Å². The summed E-state index contributed by atoms with van der Waals surface area (Å²) in [5.74, 6) is 0.110. The van der Waals surface area contributed by atoms with Crippen LogP contribution in [0.15, 0.2) is 59.5 Å². The van der Waals surface area contributed by atoms with Crippen LogP contribution in [0.2, 0.25) is 0 Å². The Morgan fingerprint density at radius 1 is 1.04 bits per heavy atom. The van der Waals surface area contributed by atoms with E-state index in [4.69, 9.17) is 4.74 Å². The Kier molecular flexibility index (Phi) is 6.36. The smallest absolute Gasteiger partial charge is 0.264 e. The van der Waals surface area contributed by atoms with Gasteiger partial charge in [0, 0.05) is 13.1 Å². The molecule has 0 bridgehead atoms. The van der Waals surface area contributed by atoms with E-state index in [1.54, 1.807) is 47.4 Å². The molecule has 0 unspecified atom stereocenters. The van der Waals surface area contributed by atoms with Crippen LogP contribution in [0.5, 0.6) is 0 Å².